The van der Waals surface area contributed by atoms with E-state index < -0.39 is 35.7 Å². The van der Waals surface area contributed by atoms with E-state index in [2.05, 4.69) is 10.1 Å². The minimum atomic E-state index is -3.11. The minimum absolute atomic E-state index is 0.114. The van der Waals surface area contributed by atoms with Crippen LogP contribution in [-0.2, 0) is 14.3 Å². The van der Waals surface area contributed by atoms with Gasteiger partial charge in [0, 0.05) is 40.9 Å². The van der Waals surface area contributed by atoms with Crippen LogP contribution >= 0.6 is 11.6 Å². The molecule has 42 heavy (non-hydrogen) atoms. The molecule has 1 heterocycles. The smallest absolute Gasteiger partial charge is 0.387 e. The van der Waals surface area contributed by atoms with Crippen molar-refractivity contribution < 1.29 is 37.3 Å². The number of halogens is 3. The third kappa shape index (κ3) is 8.77. The molecule has 0 saturated carbocycles. The van der Waals surface area contributed by atoms with Crippen LogP contribution in [0.4, 0.5) is 14.5 Å². The summed E-state index contributed by atoms with van der Waals surface area (Å²) in [7, 11) is 1.34. The fraction of sp³-hybridized carbons (Fsp3) is 0.367. The van der Waals surface area contributed by atoms with Crippen LogP contribution in [0.2, 0.25) is 5.02 Å². The van der Waals surface area contributed by atoms with E-state index in [4.69, 9.17) is 25.8 Å². The quantitative estimate of drug-likeness (QED) is 0.240. The number of amides is 1. The summed E-state index contributed by atoms with van der Waals surface area (Å²) in [4.78, 5) is 39.0. The highest BCUT2D eigenvalue weighted by atomic mass is 35.5. The Morgan fingerprint density at radius 3 is 2.29 bits per heavy atom. The summed E-state index contributed by atoms with van der Waals surface area (Å²) in [5.74, 6) is -1.11. The van der Waals surface area contributed by atoms with E-state index in [1.54, 1.807) is 19.1 Å². The third-order valence-electron chi connectivity index (χ3n) is 5.94. The number of hydrogen-bond acceptors (Lipinski definition) is 7. The van der Waals surface area contributed by atoms with Gasteiger partial charge in [-0.25, -0.2) is 4.79 Å². The molecule has 0 aliphatic carbocycles. The molecule has 0 spiro atoms. The average molecular weight is 607 g/mol. The van der Waals surface area contributed by atoms with Crippen molar-refractivity contribution in [1.82, 2.24) is 4.57 Å². The number of hydrogen-bond donors (Lipinski definition) is 1. The molecular weight excluding hydrogens is 574 g/mol. The maximum absolute atomic E-state index is 13.5. The van der Waals surface area contributed by atoms with Gasteiger partial charge in [0.2, 0.25) is 5.91 Å². The van der Waals surface area contributed by atoms with Crippen molar-refractivity contribution in [2.24, 2.45) is 0 Å². The second-order valence-electron chi connectivity index (χ2n) is 10.1. The molecule has 1 atom stereocenters. The molecule has 226 valence electrons. The van der Waals surface area contributed by atoms with E-state index >= 15 is 0 Å². The van der Waals surface area contributed by atoms with E-state index in [1.165, 1.54) is 54.3 Å². The van der Waals surface area contributed by atoms with Crippen molar-refractivity contribution in [3.05, 3.63) is 75.7 Å². The van der Waals surface area contributed by atoms with E-state index in [-0.39, 0.29) is 47.3 Å². The maximum atomic E-state index is 13.5. The van der Waals surface area contributed by atoms with Crippen LogP contribution in [0, 0.1) is 0 Å². The molecule has 12 heteroatoms. The van der Waals surface area contributed by atoms with Gasteiger partial charge in [0.1, 0.15) is 17.5 Å². The lowest BCUT2D eigenvalue weighted by Crippen LogP contribution is -2.34. The molecule has 1 aromatic heterocycles. The van der Waals surface area contributed by atoms with E-state index in [1.807, 2.05) is 20.8 Å². The van der Waals surface area contributed by atoms with Gasteiger partial charge >= 0.3 is 12.6 Å². The second kappa shape index (κ2) is 14.3. The number of benzene rings is 2. The zero-order chi connectivity index (χ0) is 31.0. The van der Waals surface area contributed by atoms with Gasteiger partial charge in [0.05, 0.1) is 31.1 Å². The Kier molecular flexibility index (Phi) is 11.1. The zero-order valence-electron chi connectivity index (χ0n) is 23.9. The van der Waals surface area contributed by atoms with Crippen molar-refractivity contribution in [3.63, 3.8) is 0 Å². The normalized spacial score (nSPS) is 12.1. The van der Waals surface area contributed by atoms with Gasteiger partial charge in [-0.3, -0.25) is 14.2 Å². The van der Waals surface area contributed by atoms with Crippen molar-refractivity contribution in [1.29, 1.82) is 0 Å². The highest BCUT2D eigenvalue weighted by Gasteiger charge is 2.26. The lowest BCUT2D eigenvalue weighted by molar-refractivity contribution is -0.120. The molecule has 1 N–H and O–H groups in total. The van der Waals surface area contributed by atoms with Gasteiger partial charge in [-0.05, 0) is 70.2 Å². The number of nitrogens with zero attached hydrogens (tertiary/aromatic N) is 1. The number of aromatic nitrogens is 1. The maximum Gasteiger partial charge on any atom is 0.387 e. The van der Waals surface area contributed by atoms with E-state index in [0.717, 1.165) is 0 Å². The summed E-state index contributed by atoms with van der Waals surface area (Å²) in [6.45, 7) is 4.54. The molecule has 0 fully saturated rings. The molecule has 1 unspecified atom stereocenters. The van der Waals surface area contributed by atoms with Crippen LogP contribution < -0.4 is 20.3 Å². The number of alkyl halides is 2. The number of anilines is 1. The Labute approximate surface area is 247 Å². The molecule has 0 bridgehead atoms. The fourth-order valence-corrected chi connectivity index (χ4v) is 4.23. The first kappa shape index (κ1) is 32.6. The zero-order valence-corrected chi connectivity index (χ0v) is 24.7. The van der Waals surface area contributed by atoms with Gasteiger partial charge in [-0.1, -0.05) is 11.6 Å². The van der Waals surface area contributed by atoms with E-state index in [9.17, 15) is 23.2 Å². The summed E-state index contributed by atoms with van der Waals surface area (Å²) >= 11 is 6.12. The summed E-state index contributed by atoms with van der Waals surface area (Å²) in [5.41, 5.74) is -0.136. The number of pyridine rings is 1. The lowest BCUT2D eigenvalue weighted by atomic mass is 10.0. The summed E-state index contributed by atoms with van der Waals surface area (Å²) in [6, 6.07) is 10.3. The van der Waals surface area contributed by atoms with Gasteiger partial charge in [-0.15, -0.1) is 0 Å². The Hall–Kier alpha value is -3.96. The third-order valence-corrected chi connectivity index (χ3v) is 6.18. The number of esters is 1. The van der Waals surface area contributed by atoms with Crippen LogP contribution in [-0.4, -0.2) is 49.0 Å². The molecular formula is C30H33ClF2N2O7. The number of ether oxygens (including phenoxy) is 4. The standard InChI is InChI=1S/C30H33ClF2N2O7/c1-6-40-28(38)18-7-10-20(11-8-18)34-27(37)23(13-14-41-30(2,3)4)35-17-25(39-5)22(16-26(35)36)21-15-19(31)9-12-24(21)42-29(32)33/h7-12,15-17,23,29H,6,13-14H2,1-5H3,(H,34,37). The Balaban J connectivity index is 2.01. The minimum Gasteiger partial charge on any atom is -0.495 e. The number of carbonyl (C=O) groups is 2. The molecule has 9 nitrogen and oxygen atoms in total. The Bertz CT molecular complexity index is 1450. The van der Waals surface area contributed by atoms with Gasteiger partial charge in [-0.2, -0.15) is 8.78 Å². The van der Waals surface area contributed by atoms with Gasteiger partial charge in [0.15, 0.2) is 0 Å². The predicted molar refractivity (Wildman–Crippen MR) is 155 cm³/mol. The molecule has 3 rings (SSSR count). The first-order valence-electron chi connectivity index (χ1n) is 13.1. The average Bonchev–Trinajstić information content (AvgIpc) is 2.92. The summed E-state index contributed by atoms with van der Waals surface area (Å²) in [6.07, 6.45) is 1.44. The van der Waals surface area contributed by atoms with Crippen LogP contribution in [0.25, 0.3) is 11.1 Å². The van der Waals surface area contributed by atoms with E-state index in [0.29, 0.717) is 11.3 Å². The Morgan fingerprint density at radius 1 is 1.02 bits per heavy atom. The highest BCUT2D eigenvalue weighted by Crippen LogP contribution is 2.38. The molecule has 0 aliphatic rings. The molecule has 0 saturated heterocycles. The number of nitrogens with one attached hydrogen (secondary N) is 1. The number of methoxy groups -OCH3 is 1. The largest absolute Gasteiger partial charge is 0.495 e. The molecule has 0 radical (unpaired) electrons. The Morgan fingerprint density at radius 2 is 1.69 bits per heavy atom. The second-order valence-corrected chi connectivity index (χ2v) is 10.5. The van der Waals surface area contributed by atoms with Crippen LogP contribution in [0.3, 0.4) is 0 Å². The predicted octanol–water partition coefficient (Wildman–Crippen LogP) is 6.34. The SMILES string of the molecule is CCOC(=O)c1ccc(NC(=O)C(CCOC(C)(C)C)n2cc(OC)c(-c3cc(Cl)ccc3OC(F)F)cc2=O)cc1. The van der Waals surface area contributed by atoms with Crippen molar-refractivity contribution in [2.75, 3.05) is 25.6 Å². The monoisotopic (exact) mass is 606 g/mol. The van der Waals surface area contributed by atoms with Crippen molar-refractivity contribution >= 4 is 29.2 Å². The number of carbonyl (C=O) groups excluding carboxylic acids is 2. The van der Waals surface area contributed by atoms with Crippen molar-refractivity contribution in [3.8, 4) is 22.6 Å². The number of rotatable bonds is 12. The van der Waals surface area contributed by atoms with Crippen LogP contribution in [0.1, 0.15) is 50.5 Å². The molecule has 0 aliphatic heterocycles. The molecule has 1 amide bonds. The molecule has 3 aromatic rings. The lowest BCUT2D eigenvalue weighted by Gasteiger charge is -2.24. The van der Waals surface area contributed by atoms with Gasteiger partial charge < -0.3 is 24.3 Å². The molecule has 2 aromatic carbocycles. The summed E-state index contributed by atoms with van der Waals surface area (Å²) in [5, 5.41) is 2.99. The first-order valence-corrected chi connectivity index (χ1v) is 13.5. The van der Waals surface area contributed by atoms with Gasteiger partial charge in [0.25, 0.3) is 5.56 Å². The fourth-order valence-electron chi connectivity index (χ4n) is 4.06. The first-order chi connectivity index (χ1) is 19.8. The van der Waals surface area contributed by atoms with Crippen LogP contribution in [0.5, 0.6) is 11.5 Å². The summed E-state index contributed by atoms with van der Waals surface area (Å²) < 4.78 is 48.3. The topological polar surface area (TPSA) is 105 Å². The van der Waals surface area contributed by atoms with Crippen LogP contribution in [0.15, 0.2) is 59.5 Å². The van der Waals surface area contributed by atoms with Crippen molar-refractivity contribution in [2.45, 2.75) is 52.4 Å². The highest BCUT2D eigenvalue weighted by molar-refractivity contribution is 6.31.